The Hall–Kier alpha value is -2.21. The van der Waals surface area contributed by atoms with Crippen LogP contribution in [-0.2, 0) is 14.0 Å². The standard InChI is InChI=1S/C23H30O4Si/c1-5-16-26-19(17-22(24)25)18-27-28(23(2,3)4,20-12-8-6-9-13-20)21-14-10-7-11-15-21/h5-15,19H,1,16-18H2,2-4H3,(H,24,25). The predicted octanol–water partition coefficient (Wildman–Crippen LogP) is 3.61. The van der Waals surface area contributed by atoms with Crippen molar-refractivity contribution in [3.05, 3.63) is 73.3 Å². The minimum absolute atomic E-state index is 0.105. The van der Waals surface area contributed by atoms with Crippen LogP contribution in [0.1, 0.15) is 27.2 Å². The van der Waals surface area contributed by atoms with Crippen molar-refractivity contribution in [1.82, 2.24) is 0 Å². The Bertz CT molecular complexity index is 714. The molecule has 1 N–H and O–H groups in total. The summed E-state index contributed by atoms with van der Waals surface area (Å²) < 4.78 is 12.4. The van der Waals surface area contributed by atoms with Gasteiger partial charge in [0.2, 0.25) is 0 Å². The second-order valence-corrected chi connectivity index (χ2v) is 12.1. The van der Waals surface area contributed by atoms with Gasteiger partial charge in [-0.2, -0.15) is 0 Å². The first-order valence-electron chi connectivity index (χ1n) is 9.50. The summed E-state index contributed by atoms with van der Waals surface area (Å²) in [7, 11) is -2.70. The second-order valence-electron chi connectivity index (χ2n) is 7.82. The van der Waals surface area contributed by atoms with Gasteiger partial charge in [0.1, 0.15) is 0 Å². The molecule has 0 saturated carbocycles. The molecule has 0 bridgehead atoms. The lowest BCUT2D eigenvalue weighted by atomic mass is 10.2. The van der Waals surface area contributed by atoms with Crippen molar-refractivity contribution in [2.24, 2.45) is 0 Å². The van der Waals surface area contributed by atoms with Crippen LogP contribution in [0.15, 0.2) is 73.3 Å². The van der Waals surface area contributed by atoms with Gasteiger partial charge in [-0.05, 0) is 15.4 Å². The van der Waals surface area contributed by atoms with Crippen LogP contribution >= 0.6 is 0 Å². The molecule has 0 aromatic heterocycles. The van der Waals surface area contributed by atoms with Gasteiger partial charge in [-0.3, -0.25) is 4.79 Å². The molecule has 0 amide bonds. The minimum Gasteiger partial charge on any atom is -0.481 e. The summed E-state index contributed by atoms with van der Waals surface area (Å²) in [6.45, 7) is 10.7. The molecule has 5 heteroatoms. The van der Waals surface area contributed by atoms with E-state index in [1.807, 2.05) is 36.4 Å². The molecular weight excluding hydrogens is 368 g/mol. The van der Waals surface area contributed by atoms with E-state index in [0.717, 1.165) is 10.4 Å². The van der Waals surface area contributed by atoms with Gasteiger partial charge >= 0.3 is 5.97 Å². The van der Waals surface area contributed by atoms with E-state index in [0.29, 0.717) is 6.61 Å². The summed E-state index contributed by atoms with van der Waals surface area (Å²) >= 11 is 0. The highest BCUT2D eigenvalue weighted by Crippen LogP contribution is 2.36. The van der Waals surface area contributed by atoms with Crippen LogP contribution < -0.4 is 10.4 Å². The number of aliphatic carboxylic acids is 1. The van der Waals surface area contributed by atoms with Crippen LogP contribution in [0.4, 0.5) is 0 Å². The molecule has 150 valence electrons. The fraction of sp³-hybridized carbons (Fsp3) is 0.348. The van der Waals surface area contributed by atoms with Crippen molar-refractivity contribution in [1.29, 1.82) is 0 Å². The Morgan fingerprint density at radius 1 is 1.07 bits per heavy atom. The topological polar surface area (TPSA) is 55.8 Å². The molecule has 0 fully saturated rings. The molecule has 0 spiro atoms. The SMILES string of the molecule is C=CCOC(CO[Si](c1ccccc1)(c1ccccc1)C(C)(C)C)CC(=O)O. The quantitative estimate of drug-likeness (QED) is 0.491. The summed E-state index contributed by atoms with van der Waals surface area (Å²) in [5.74, 6) is -0.903. The van der Waals surface area contributed by atoms with E-state index in [1.54, 1.807) is 6.08 Å². The fourth-order valence-corrected chi connectivity index (χ4v) is 8.14. The number of ether oxygens (including phenoxy) is 1. The number of rotatable bonds is 10. The Labute approximate surface area is 169 Å². The Morgan fingerprint density at radius 3 is 1.96 bits per heavy atom. The van der Waals surface area contributed by atoms with E-state index < -0.39 is 20.4 Å². The van der Waals surface area contributed by atoms with E-state index in [2.05, 4.69) is 51.6 Å². The van der Waals surface area contributed by atoms with Crippen molar-refractivity contribution < 1.29 is 19.1 Å². The molecule has 0 saturated heterocycles. The Morgan fingerprint density at radius 2 is 1.57 bits per heavy atom. The number of carboxylic acids is 1. The van der Waals surface area contributed by atoms with Gasteiger partial charge in [-0.15, -0.1) is 6.58 Å². The monoisotopic (exact) mass is 398 g/mol. The summed E-state index contributed by atoms with van der Waals surface area (Å²) in [5, 5.41) is 11.4. The van der Waals surface area contributed by atoms with Gasteiger partial charge < -0.3 is 14.3 Å². The van der Waals surface area contributed by atoms with E-state index in [9.17, 15) is 9.90 Å². The molecule has 0 heterocycles. The first-order valence-corrected chi connectivity index (χ1v) is 11.4. The third kappa shape index (κ3) is 5.19. The van der Waals surface area contributed by atoms with E-state index in [1.165, 1.54) is 0 Å². The first-order chi connectivity index (χ1) is 13.3. The normalized spacial score (nSPS) is 13.1. The average molecular weight is 399 g/mol. The summed E-state index contributed by atoms with van der Waals surface area (Å²) in [5.41, 5.74) is 0. The number of hydrogen-bond donors (Lipinski definition) is 1. The first kappa shape index (κ1) is 22.1. The van der Waals surface area contributed by atoms with Crippen molar-refractivity contribution in [2.45, 2.75) is 38.3 Å². The van der Waals surface area contributed by atoms with Crippen molar-refractivity contribution in [2.75, 3.05) is 13.2 Å². The molecule has 2 aromatic carbocycles. The van der Waals surface area contributed by atoms with Crippen molar-refractivity contribution >= 4 is 24.7 Å². The largest absolute Gasteiger partial charge is 0.481 e. The van der Waals surface area contributed by atoms with E-state index >= 15 is 0 Å². The van der Waals surface area contributed by atoms with Gasteiger partial charge in [0.15, 0.2) is 0 Å². The van der Waals surface area contributed by atoms with E-state index in [4.69, 9.17) is 9.16 Å². The molecular formula is C23H30O4Si. The van der Waals surface area contributed by atoms with Crippen LogP contribution in [0.3, 0.4) is 0 Å². The molecule has 1 atom stereocenters. The van der Waals surface area contributed by atoms with Gasteiger partial charge in [0.05, 0.1) is 25.7 Å². The van der Waals surface area contributed by atoms with Gasteiger partial charge in [-0.1, -0.05) is 87.5 Å². The van der Waals surface area contributed by atoms with Gasteiger partial charge in [-0.25, -0.2) is 0 Å². The Kier molecular flexibility index (Phi) is 7.75. The lowest BCUT2D eigenvalue weighted by Crippen LogP contribution is -2.67. The zero-order valence-corrected chi connectivity index (χ0v) is 17.9. The number of carbonyl (C=O) groups is 1. The zero-order chi connectivity index (χ0) is 20.6. The van der Waals surface area contributed by atoms with Crippen LogP contribution in [-0.4, -0.2) is 38.7 Å². The summed E-state index contributed by atoms with van der Waals surface area (Å²) in [6.07, 6.45) is 0.987. The van der Waals surface area contributed by atoms with Crippen molar-refractivity contribution in [3.8, 4) is 0 Å². The lowest BCUT2D eigenvalue weighted by Gasteiger charge is -2.43. The third-order valence-corrected chi connectivity index (χ3v) is 9.76. The number of hydrogen-bond acceptors (Lipinski definition) is 3. The molecule has 0 aliphatic carbocycles. The van der Waals surface area contributed by atoms with Crippen LogP contribution in [0, 0.1) is 0 Å². The van der Waals surface area contributed by atoms with Crippen molar-refractivity contribution in [3.63, 3.8) is 0 Å². The van der Waals surface area contributed by atoms with Crippen LogP contribution in [0.2, 0.25) is 5.04 Å². The predicted molar refractivity (Wildman–Crippen MR) is 116 cm³/mol. The molecule has 0 aliphatic rings. The smallest absolute Gasteiger partial charge is 0.306 e. The Balaban J connectivity index is 2.48. The van der Waals surface area contributed by atoms with Gasteiger partial charge in [0.25, 0.3) is 8.32 Å². The highest BCUT2D eigenvalue weighted by atomic mass is 28.4. The fourth-order valence-electron chi connectivity index (χ4n) is 3.54. The third-order valence-electron chi connectivity index (χ3n) is 4.75. The number of benzene rings is 2. The van der Waals surface area contributed by atoms with Gasteiger partial charge in [0, 0.05) is 0 Å². The molecule has 0 aliphatic heterocycles. The summed E-state index contributed by atoms with van der Waals surface area (Å²) in [4.78, 5) is 11.3. The molecule has 0 radical (unpaired) electrons. The highest BCUT2D eigenvalue weighted by Gasteiger charge is 2.50. The maximum Gasteiger partial charge on any atom is 0.306 e. The molecule has 28 heavy (non-hydrogen) atoms. The molecule has 4 nitrogen and oxygen atoms in total. The van der Waals surface area contributed by atoms with Crippen LogP contribution in [0.25, 0.3) is 0 Å². The highest BCUT2D eigenvalue weighted by molar-refractivity contribution is 6.99. The average Bonchev–Trinajstić information content (AvgIpc) is 2.66. The second kappa shape index (κ2) is 9.82. The van der Waals surface area contributed by atoms with E-state index in [-0.39, 0.29) is 18.1 Å². The molecule has 1 unspecified atom stereocenters. The lowest BCUT2D eigenvalue weighted by molar-refractivity contribution is -0.140. The maximum absolute atomic E-state index is 11.3. The summed E-state index contributed by atoms with van der Waals surface area (Å²) in [6, 6.07) is 20.5. The number of carboxylic acid groups (broad SMARTS) is 1. The minimum atomic E-state index is -2.70. The van der Waals surface area contributed by atoms with Crippen LogP contribution in [0.5, 0.6) is 0 Å². The zero-order valence-electron chi connectivity index (χ0n) is 16.9. The maximum atomic E-state index is 11.3. The molecule has 2 aromatic rings. The molecule has 2 rings (SSSR count).